The van der Waals surface area contributed by atoms with E-state index in [0.717, 1.165) is 27.7 Å². The fraction of sp³-hybridized carbons (Fsp3) is 0.500. The second-order valence-corrected chi connectivity index (χ2v) is 8.05. The first-order valence-corrected chi connectivity index (χ1v) is 9.33. The Morgan fingerprint density at radius 1 is 1.19 bits per heavy atom. The van der Waals surface area contributed by atoms with Gasteiger partial charge in [-0.3, -0.25) is 0 Å². The van der Waals surface area contributed by atoms with E-state index in [-0.39, 0.29) is 18.6 Å². The van der Waals surface area contributed by atoms with Crippen molar-refractivity contribution in [1.29, 1.82) is 0 Å². The lowest BCUT2D eigenvalue weighted by molar-refractivity contribution is 0.108. The van der Waals surface area contributed by atoms with E-state index in [1.165, 1.54) is 6.07 Å². The Morgan fingerprint density at radius 2 is 1.85 bits per heavy atom. The first-order valence-electron chi connectivity index (χ1n) is 9.33. The maximum atomic E-state index is 11.9. The highest BCUT2D eigenvalue weighted by molar-refractivity contribution is 5.96. The number of aliphatic hydroxyl groups excluding tert-OH is 1. The molecule has 0 radical (unpaired) electrons. The minimum Gasteiger partial charge on any atom is -0.489 e. The van der Waals surface area contributed by atoms with E-state index >= 15 is 0 Å². The third-order valence-corrected chi connectivity index (χ3v) is 5.75. The van der Waals surface area contributed by atoms with Gasteiger partial charge in [0, 0.05) is 24.7 Å². The molecule has 0 amide bonds. The van der Waals surface area contributed by atoms with Gasteiger partial charge in [0.2, 0.25) is 0 Å². The molecule has 1 aromatic carbocycles. The van der Waals surface area contributed by atoms with Gasteiger partial charge in [-0.2, -0.15) is 0 Å². The SMILES string of the molecule is CC1=C(C)C(C)(C)Oc2c1c(O[C@H](C)C(C)CO)cc1oc(=O)cc(C)c21. The third-order valence-electron chi connectivity index (χ3n) is 5.75. The van der Waals surface area contributed by atoms with Crippen molar-refractivity contribution in [1.82, 2.24) is 0 Å². The number of aryl methyl sites for hydroxylation is 1. The van der Waals surface area contributed by atoms with Crippen LogP contribution >= 0.6 is 0 Å². The van der Waals surface area contributed by atoms with Crippen LogP contribution in [0.2, 0.25) is 0 Å². The van der Waals surface area contributed by atoms with E-state index < -0.39 is 11.2 Å². The third kappa shape index (κ3) is 3.25. The average molecular weight is 372 g/mol. The molecule has 5 heteroatoms. The minimum atomic E-state index is -0.477. The summed E-state index contributed by atoms with van der Waals surface area (Å²) in [6.07, 6.45) is -0.212. The summed E-state index contributed by atoms with van der Waals surface area (Å²) in [5, 5.41) is 10.2. The number of benzene rings is 1. The molecule has 1 aromatic heterocycles. The molecule has 0 saturated heterocycles. The molecule has 0 bridgehead atoms. The van der Waals surface area contributed by atoms with Crippen LogP contribution in [0.4, 0.5) is 0 Å². The predicted molar refractivity (Wildman–Crippen MR) is 107 cm³/mol. The molecule has 1 aliphatic heterocycles. The molecular weight excluding hydrogens is 344 g/mol. The molecule has 1 aliphatic rings. The molecule has 1 unspecified atom stereocenters. The van der Waals surface area contributed by atoms with Gasteiger partial charge in [-0.25, -0.2) is 4.79 Å². The normalized spacial score (nSPS) is 18.1. The van der Waals surface area contributed by atoms with E-state index in [2.05, 4.69) is 13.8 Å². The van der Waals surface area contributed by atoms with E-state index in [9.17, 15) is 9.90 Å². The summed E-state index contributed by atoms with van der Waals surface area (Å²) in [7, 11) is 0. The lowest BCUT2D eigenvalue weighted by atomic mass is 9.86. The van der Waals surface area contributed by atoms with E-state index in [1.54, 1.807) is 6.07 Å². The number of aliphatic hydroxyl groups is 1. The molecular formula is C22H28O5. The standard InChI is InChI=1S/C22H28O5/c1-11-8-18(24)26-16-9-17(25-15(5)12(2)10-23)20-13(3)14(4)22(6,7)27-21(20)19(11)16/h8-9,12,15,23H,10H2,1-7H3/t12?,15-/m1/s1. The predicted octanol–water partition coefficient (Wildman–Crippen LogP) is 4.46. The Hall–Kier alpha value is -2.27. The summed E-state index contributed by atoms with van der Waals surface area (Å²) in [5.74, 6) is 1.25. The van der Waals surface area contributed by atoms with Gasteiger partial charge in [-0.1, -0.05) is 6.92 Å². The average Bonchev–Trinajstić information content (AvgIpc) is 2.57. The quantitative estimate of drug-likeness (QED) is 0.803. The van der Waals surface area contributed by atoms with Crippen molar-refractivity contribution in [3.8, 4) is 11.5 Å². The topological polar surface area (TPSA) is 68.9 Å². The van der Waals surface area contributed by atoms with Crippen LogP contribution in [0.3, 0.4) is 0 Å². The van der Waals surface area contributed by atoms with Gasteiger partial charge in [0.15, 0.2) is 0 Å². The van der Waals surface area contributed by atoms with Crippen LogP contribution in [-0.4, -0.2) is 23.4 Å². The molecule has 0 spiro atoms. The number of allylic oxidation sites excluding steroid dienone is 1. The molecule has 146 valence electrons. The molecule has 1 N–H and O–H groups in total. The number of hydrogen-bond donors (Lipinski definition) is 1. The van der Waals surface area contributed by atoms with Gasteiger partial charge < -0.3 is 19.0 Å². The summed E-state index contributed by atoms with van der Waals surface area (Å²) in [6, 6.07) is 3.25. The van der Waals surface area contributed by atoms with Crippen LogP contribution in [-0.2, 0) is 0 Å². The Bertz CT molecular complexity index is 980. The monoisotopic (exact) mass is 372 g/mol. The molecule has 0 fully saturated rings. The molecule has 0 saturated carbocycles. The van der Waals surface area contributed by atoms with Gasteiger partial charge in [-0.15, -0.1) is 0 Å². The minimum absolute atomic E-state index is 0.0303. The van der Waals surface area contributed by atoms with E-state index in [0.29, 0.717) is 17.1 Å². The van der Waals surface area contributed by atoms with Gasteiger partial charge >= 0.3 is 5.63 Å². The molecule has 3 rings (SSSR count). The second kappa shape index (κ2) is 6.71. The summed E-state index contributed by atoms with van der Waals surface area (Å²) >= 11 is 0. The molecule has 27 heavy (non-hydrogen) atoms. The lowest BCUT2D eigenvalue weighted by Gasteiger charge is -2.36. The maximum absolute atomic E-state index is 11.9. The maximum Gasteiger partial charge on any atom is 0.336 e. The summed E-state index contributed by atoms with van der Waals surface area (Å²) in [4.78, 5) is 11.9. The first-order chi connectivity index (χ1) is 12.6. The van der Waals surface area contributed by atoms with Crippen LogP contribution in [0, 0.1) is 12.8 Å². The first kappa shape index (κ1) is 19.5. The number of hydrogen-bond acceptors (Lipinski definition) is 5. The number of fused-ring (bicyclic) bond motifs is 3. The summed E-state index contributed by atoms with van der Waals surface area (Å²) < 4.78 is 18.1. The van der Waals surface area contributed by atoms with Crippen LogP contribution in [0.5, 0.6) is 11.5 Å². The highest BCUT2D eigenvalue weighted by Crippen LogP contribution is 2.49. The van der Waals surface area contributed by atoms with Crippen molar-refractivity contribution in [2.45, 2.75) is 60.2 Å². The Kier molecular flexibility index (Phi) is 4.85. The zero-order chi connectivity index (χ0) is 20.1. The van der Waals surface area contributed by atoms with Crippen molar-refractivity contribution in [2.75, 3.05) is 6.61 Å². The zero-order valence-electron chi connectivity index (χ0n) is 17.1. The van der Waals surface area contributed by atoms with Crippen molar-refractivity contribution in [2.24, 2.45) is 5.92 Å². The molecule has 2 heterocycles. The van der Waals surface area contributed by atoms with Gasteiger partial charge in [0.05, 0.1) is 10.9 Å². The van der Waals surface area contributed by atoms with Crippen molar-refractivity contribution < 1.29 is 19.0 Å². The Labute approximate surface area is 159 Å². The van der Waals surface area contributed by atoms with Crippen LogP contribution in [0.15, 0.2) is 26.9 Å². The molecule has 0 aliphatic carbocycles. The molecule has 2 aromatic rings. The smallest absolute Gasteiger partial charge is 0.336 e. The zero-order valence-corrected chi connectivity index (χ0v) is 17.1. The van der Waals surface area contributed by atoms with Gasteiger partial charge in [0.25, 0.3) is 0 Å². The highest BCUT2D eigenvalue weighted by Gasteiger charge is 2.35. The van der Waals surface area contributed by atoms with Crippen LogP contribution < -0.4 is 15.1 Å². The summed E-state index contributed by atoms with van der Waals surface area (Å²) in [5.41, 5.74) is 3.47. The highest BCUT2D eigenvalue weighted by atomic mass is 16.5. The van der Waals surface area contributed by atoms with Gasteiger partial charge in [-0.05, 0) is 58.3 Å². The van der Waals surface area contributed by atoms with Crippen molar-refractivity contribution in [3.05, 3.63) is 39.3 Å². The van der Waals surface area contributed by atoms with Crippen molar-refractivity contribution in [3.63, 3.8) is 0 Å². The van der Waals surface area contributed by atoms with E-state index in [1.807, 2.05) is 34.6 Å². The van der Waals surface area contributed by atoms with Crippen molar-refractivity contribution >= 4 is 16.5 Å². The Balaban J connectivity index is 2.34. The lowest BCUT2D eigenvalue weighted by Crippen LogP contribution is -2.34. The number of ether oxygens (including phenoxy) is 2. The Morgan fingerprint density at radius 3 is 2.48 bits per heavy atom. The molecule has 2 atom stereocenters. The fourth-order valence-corrected chi connectivity index (χ4v) is 3.44. The van der Waals surface area contributed by atoms with Crippen LogP contribution in [0.1, 0.15) is 52.7 Å². The largest absolute Gasteiger partial charge is 0.489 e. The second-order valence-electron chi connectivity index (χ2n) is 8.05. The summed E-state index contributed by atoms with van der Waals surface area (Å²) in [6.45, 7) is 13.9. The molecule has 5 nitrogen and oxygen atoms in total. The fourth-order valence-electron chi connectivity index (χ4n) is 3.44. The number of rotatable bonds is 4. The van der Waals surface area contributed by atoms with Gasteiger partial charge in [0.1, 0.15) is 28.8 Å². The van der Waals surface area contributed by atoms with Crippen LogP contribution in [0.25, 0.3) is 16.5 Å². The van der Waals surface area contributed by atoms with E-state index in [4.69, 9.17) is 13.9 Å².